The van der Waals surface area contributed by atoms with E-state index in [2.05, 4.69) is 19.2 Å². The molecule has 306 valence electrons. The maximum atomic E-state index is 12.5. The molecule has 54 heavy (non-hydrogen) atoms. The molecule has 0 radical (unpaired) electrons. The Morgan fingerprint density at radius 1 is 0.667 bits per heavy atom. The van der Waals surface area contributed by atoms with Gasteiger partial charge < -0.3 is 58.9 Å². The predicted octanol–water partition coefficient (Wildman–Crippen LogP) is 3.26. The SMILES string of the molecule is C[C@@H]1O[C@H](O[C@@H]2[C@H](O)C[C@H](O[C@@H]3[C@H](O)C[C@H](O[C@@H]4CC[C@@]5(C)[C@H](CC[C@@H]6[C@@H]5CC[C@]5(C)[C@H]7CC[C@]65O[C@@H]5NC(=O)C[C@H]57)C4)O[C@@H]3C)O[C@@H]2C)C[C@H](O)[C@H]1O. The topological polar surface area (TPSA) is 175 Å². The lowest BCUT2D eigenvalue weighted by atomic mass is 9.42. The molecule has 4 saturated carbocycles. The second-order valence-corrected chi connectivity index (χ2v) is 19.4. The zero-order valence-corrected chi connectivity index (χ0v) is 32.7. The van der Waals surface area contributed by atoms with Crippen molar-refractivity contribution in [1.82, 2.24) is 5.32 Å². The third-order valence-corrected chi connectivity index (χ3v) is 16.7. The molecule has 0 spiro atoms. The van der Waals surface area contributed by atoms with E-state index in [4.69, 9.17) is 33.2 Å². The Hall–Kier alpha value is -0.970. The number of aliphatic hydroxyl groups excluding tert-OH is 4. The standard InChI is InChI=1S/C41H65NO12/c1-19-35(47)28(43)16-33(48-19)52-37-21(3)50-34(18-30(37)45)53-36-20(2)49-32(17-29(36)44)51-23-8-11-39(4)22(14-23)6-7-27-26(39)9-12-40(5)25-10-13-41(27,40)54-38-24(25)15-31(46)42-38/h19-30,32-38,43-45,47H,6-18H2,1-5H3,(H,42,46)/t19-,20+,21+,22+,23+,24-,25-,26-,27+,28-,29+,30+,32-,33+,34-,35-,36-,37-,38-,39-,40+,41-/m0/s1. The number of nitrogens with one attached hydrogen (secondary N) is 1. The summed E-state index contributed by atoms with van der Waals surface area (Å²) in [6.07, 6.45) is 2.48. The summed E-state index contributed by atoms with van der Waals surface area (Å²) in [4.78, 5) is 12.5. The van der Waals surface area contributed by atoms with Crippen molar-refractivity contribution in [3.8, 4) is 0 Å². The van der Waals surface area contributed by atoms with Crippen molar-refractivity contribution in [2.75, 3.05) is 0 Å². The molecule has 9 fully saturated rings. The van der Waals surface area contributed by atoms with Crippen LogP contribution < -0.4 is 5.32 Å². The molecule has 22 atom stereocenters. The Morgan fingerprint density at radius 3 is 1.93 bits per heavy atom. The lowest BCUT2D eigenvalue weighted by Crippen LogP contribution is -2.67. The summed E-state index contributed by atoms with van der Waals surface area (Å²) >= 11 is 0. The molecule has 9 aliphatic rings. The fraction of sp³-hybridized carbons (Fsp3) is 0.976. The largest absolute Gasteiger partial charge is 0.390 e. The summed E-state index contributed by atoms with van der Waals surface area (Å²) in [7, 11) is 0. The van der Waals surface area contributed by atoms with Gasteiger partial charge in [0.15, 0.2) is 18.9 Å². The van der Waals surface area contributed by atoms with Gasteiger partial charge in [0, 0.05) is 37.0 Å². The molecule has 5 N–H and O–H groups in total. The molecular formula is C41H65NO12. The van der Waals surface area contributed by atoms with E-state index in [1.54, 1.807) is 13.8 Å². The van der Waals surface area contributed by atoms with Crippen molar-refractivity contribution in [1.29, 1.82) is 0 Å². The van der Waals surface area contributed by atoms with Crippen LogP contribution in [0, 0.1) is 40.4 Å². The Bertz CT molecular complexity index is 1370. The predicted molar refractivity (Wildman–Crippen MR) is 191 cm³/mol. The lowest BCUT2D eigenvalue weighted by molar-refractivity contribution is -0.336. The second kappa shape index (κ2) is 14.1. The highest BCUT2D eigenvalue weighted by atomic mass is 16.7. The first-order valence-corrected chi connectivity index (χ1v) is 21.3. The van der Waals surface area contributed by atoms with Crippen LogP contribution in [0.5, 0.6) is 0 Å². The summed E-state index contributed by atoms with van der Waals surface area (Å²) in [5, 5.41) is 45.7. The number of hydrogen-bond donors (Lipinski definition) is 5. The van der Waals surface area contributed by atoms with Gasteiger partial charge in [-0.25, -0.2) is 0 Å². The Labute approximate surface area is 319 Å². The van der Waals surface area contributed by atoms with E-state index in [1.807, 2.05) is 6.92 Å². The lowest BCUT2D eigenvalue weighted by Gasteiger charge is -2.67. The zero-order chi connectivity index (χ0) is 37.9. The number of hydrogen-bond acceptors (Lipinski definition) is 12. The number of carbonyl (C=O) groups is 1. The monoisotopic (exact) mass is 763 g/mol. The summed E-state index contributed by atoms with van der Waals surface area (Å²) in [6, 6.07) is 0. The average Bonchev–Trinajstić information content (AvgIpc) is 3.57. The van der Waals surface area contributed by atoms with Gasteiger partial charge in [0.25, 0.3) is 0 Å². The van der Waals surface area contributed by atoms with Crippen molar-refractivity contribution in [3.05, 3.63) is 0 Å². The van der Waals surface area contributed by atoms with Crippen LogP contribution in [0.25, 0.3) is 0 Å². The first-order chi connectivity index (χ1) is 25.7. The molecule has 9 rings (SSSR count). The summed E-state index contributed by atoms with van der Waals surface area (Å²) in [5.41, 5.74) is 0.252. The minimum atomic E-state index is -0.989. The number of ether oxygens (including phenoxy) is 7. The third-order valence-electron chi connectivity index (χ3n) is 16.7. The van der Waals surface area contributed by atoms with Crippen LogP contribution in [0.2, 0.25) is 0 Å². The molecule has 0 aromatic rings. The Balaban J connectivity index is 0.776. The van der Waals surface area contributed by atoms with Crippen LogP contribution >= 0.6 is 0 Å². The molecule has 5 aliphatic heterocycles. The van der Waals surface area contributed by atoms with E-state index in [9.17, 15) is 25.2 Å². The van der Waals surface area contributed by atoms with Gasteiger partial charge in [-0.15, -0.1) is 0 Å². The van der Waals surface area contributed by atoms with Crippen LogP contribution in [0.4, 0.5) is 0 Å². The fourth-order valence-electron chi connectivity index (χ4n) is 13.9. The van der Waals surface area contributed by atoms with Crippen LogP contribution in [0.1, 0.15) is 118 Å². The van der Waals surface area contributed by atoms with Crippen LogP contribution in [0.3, 0.4) is 0 Å². The molecule has 0 unspecified atom stereocenters. The molecule has 5 heterocycles. The molecule has 2 bridgehead atoms. The van der Waals surface area contributed by atoms with Crippen LogP contribution in [-0.4, -0.2) is 118 Å². The normalized spacial score (nSPS) is 58.4. The fourth-order valence-corrected chi connectivity index (χ4v) is 13.9. The summed E-state index contributed by atoms with van der Waals surface area (Å²) in [6.45, 7) is 10.4. The van der Waals surface area contributed by atoms with Gasteiger partial charge in [0.2, 0.25) is 5.91 Å². The molecule has 1 amide bonds. The Kier molecular flexibility index (Phi) is 10.1. The molecule has 13 heteroatoms. The highest BCUT2D eigenvalue weighted by Crippen LogP contribution is 2.73. The Morgan fingerprint density at radius 2 is 1.28 bits per heavy atom. The number of rotatable bonds is 6. The van der Waals surface area contributed by atoms with Crippen molar-refractivity contribution < 1.29 is 58.4 Å². The van der Waals surface area contributed by atoms with E-state index in [0.29, 0.717) is 42.4 Å². The molecule has 0 aromatic heterocycles. The number of carbonyl (C=O) groups excluding carboxylic acids is 1. The number of aliphatic hydroxyl groups is 4. The maximum Gasteiger partial charge on any atom is 0.222 e. The second-order valence-electron chi connectivity index (χ2n) is 19.4. The van der Waals surface area contributed by atoms with Crippen molar-refractivity contribution in [3.63, 3.8) is 0 Å². The molecular weight excluding hydrogens is 698 g/mol. The van der Waals surface area contributed by atoms with Crippen molar-refractivity contribution in [2.45, 2.75) is 210 Å². The first kappa shape index (κ1) is 38.5. The quantitative estimate of drug-likeness (QED) is 0.251. The van der Waals surface area contributed by atoms with Gasteiger partial charge in [-0.2, -0.15) is 0 Å². The van der Waals surface area contributed by atoms with Crippen LogP contribution in [0.15, 0.2) is 0 Å². The van der Waals surface area contributed by atoms with E-state index >= 15 is 0 Å². The smallest absolute Gasteiger partial charge is 0.222 e. The van der Waals surface area contributed by atoms with Crippen LogP contribution in [-0.2, 0) is 38.0 Å². The minimum absolute atomic E-state index is 0.0693. The molecule has 4 aliphatic carbocycles. The van der Waals surface area contributed by atoms with Gasteiger partial charge in [0.1, 0.15) is 24.5 Å². The van der Waals surface area contributed by atoms with E-state index in [1.165, 1.54) is 32.1 Å². The van der Waals surface area contributed by atoms with Crippen molar-refractivity contribution >= 4 is 5.91 Å². The van der Waals surface area contributed by atoms with Gasteiger partial charge in [-0.3, -0.25) is 4.79 Å². The maximum absolute atomic E-state index is 12.5. The number of fused-ring (bicyclic) bond motifs is 5. The van der Waals surface area contributed by atoms with Gasteiger partial charge in [-0.05, 0) is 108 Å². The highest BCUT2D eigenvalue weighted by molar-refractivity contribution is 5.79. The van der Waals surface area contributed by atoms with Crippen molar-refractivity contribution in [2.24, 2.45) is 40.4 Å². The number of amides is 1. The zero-order valence-electron chi connectivity index (χ0n) is 32.7. The van der Waals surface area contributed by atoms with E-state index in [-0.39, 0.29) is 47.5 Å². The van der Waals surface area contributed by atoms with E-state index < -0.39 is 73.8 Å². The van der Waals surface area contributed by atoms with Gasteiger partial charge in [-0.1, -0.05) is 13.8 Å². The van der Waals surface area contributed by atoms with E-state index in [0.717, 1.165) is 25.7 Å². The van der Waals surface area contributed by atoms with Gasteiger partial charge >= 0.3 is 0 Å². The summed E-state index contributed by atoms with van der Waals surface area (Å²) in [5.74, 6) is 2.76. The third kappa shape index (κ3) is 6.16. The average molecular weight is 764 g/mol. The molecule has 13 nitrogen and oxygen atoms in total. The summed E-state index contributed by atoms with van der Waals surface area (Å²) < 4.78 is 44.2. The first-order valence-electron chi connectivity index (χ1n) is 21.3. The minimum Gasteiger partial charge on any atom is -0.390 e. The molecule has 0 aromatic carbocycles. The highest BCUT2D eigenvalue weighted by Gasteiger charge is 2.73. The molecule has 5 saturated heterocycles. The van der Waals surface area contributed by atoms with Gasteiger partial charge in [0.05, 0.1) is 48.3 Å².